The number of aryl methyl sites for hydroxylation is 4. The molecule has 4 aliphatic carbocycles. The quantitative estimate of drug-likeness (QED) is 0.126. The van der Waals surface area contributed by atoms with Crippen LogP contribution in [-0.4, -0.2) is 0 Å². The molecule has 2 nitrogen and oxygen atoms in total. The van der Waals surface area contributed by atoms with Crippen molar-refractivity contribution in [3.8, 4) is 89.0 Å². The van der Waals surface area contributed by atoms with Gasteiger partial charge in [-0.3, -0.25) is 0 Å². The standard InChI is InChI=1S/C114H90N2/c1-67-53-81(79-43-51-93-91-49-41-77(61-103(91)113(9,10)105(93)63-79)75-39-47-89-87-31-21-23-35-99(87)111(5,6)101(89)59-75)54-68(2)109(67)115(83-45-37-71-25-13-15-27-73(71)57-83)107-65-97-86-30-18-20-34-96(86)108(66-98(97)85-29-17-19-33-95(85)107)116(84-46-38-72-26-14-16-28-74(72)58-84)110-69(3)55-82(56-70(110)4)80-44-52-94-92-50-42-78(62-104(92)114(11,12)106(94)64-80)76-40-48-90-88-32-22-24-36-100(88)112(7,8)102(90)60-76/h13-66H,1-12H3. The Morgan fingerprint density at radius 1 is 0.181 bits per heavy atom. The summed E-state index contributed by atoms with van der Waals surface area (Å²) in [6, 6.07) is 126. The molecule has 0 heterocycles. The Balaban J connectivity index is 0.642. The molecule has 0 fully saturated rings. The van der Waals surface area contributed by atoms with E-state index in [0.717, 1.165) is 22.7 Å². The van der Waals surface area contributed by atoms with E-state index in [4.69, 9.17) is 0 Å². The van der Waals surface area contributed by atoms with Crippen LogP contribution in [0, 0.1) is 27.7 Å². The Bertz CT molecular complexity index is 6850. The van der Waals surface area contributed by atoms with Gasteiger partial charge in [-0.2, -0.15) is 0 Å². The highest BCUT2D eigenvalue weighted by atomic mass is 15.2. The first-order chi connectivity index (χ1) is 56.1. The summed E-state index contributed by atoms with van der Waals surface area (Å²) in [4.78, 5) is 5.16. The number of anilines is 6. The molecule has 2 heteroatoms. The predicted octanol–water partition coefficient (Wildman–Crippen LogP) is 31.5. The molecule has 0 aliphatic heterocycles. The maximum atomic E-state index is 2.58. The van der Waals surface area contributed by atoms with Crippen LogP contribution in [0.1, 0.15) is 122 Å². The van der Waals surface area contributed by atoms with Crippen molar-refractivity contribution in [2.24, 2.45) is 0 Å². The number of hydrogen-bond donors (Lipinski definition) is 0. The molecule has 0 radical (unpaired) electrons. The van der Waals surface area contributed by atoms with Gasteiger partial charge < -0.3 is 9.80 Å². The topological polar surface area (TPSA) is 6.48 Å². The summed E-state index contributed by atoms with van der Waals surface area (Å²) in [5.74, 6) is 0. The Morgan fingerprint density at radius 2 is 0.431 bits per heavy atom. The Kier molecular flexibility index (Phi) is 15.1. The summed E-state index contributed by atoms with van der Waals surface area (Å²) >= 11 is 0. The van der Waals surface area contributed by atoms with Crippen molar-refractivity contribution in [1.29, 1.82) is 0 Å². The first kappa shape index (κ1) is 69.6. The summed E-state index contributed by atoms with van der Waals surface area (Å²) in [7, 11) is 0. The first-order valence-corrected chi connectivity index (χ1v) is 41.4. The van der Waals surface area contributed by atoms with E-state index in [0.29, 0.717) is 0 Å². The summed E-state index contributed by atoms with van der Waals surface area (Å²) in [5.41, 5.74) is 42.9. The van der Waals surface area contributed by atoms with Crippen molar-refractivity contribution in [3.63, 3.8) is 0 Å². The maximum absolute atomic E-state index is 2.58. The minimum absolute atomic E-state index is 0.0651. The second-order valence-electron chi connectivity index (χ2n) is 35.8. The van der Waals surface area contributed by atoms with E-state index in [1.807, 2.05) is 0 Å². The molecule has 116 heavy (non-hydrogen) atoms. The zero-order chi connectivity index (χ0) is 78.7. The molecule has 0 atom stereocenters. The van der Waals surface area contributed by atoms with Crippen LogP contribution in [0.2, 0.25) is 0 Å². The Labute approximate surface area is 681 Å². The van der Waals surface area contributed by atoms with E-state index in [1.165, 1.54) is 221 Å². The van der Waals surface area contributed by atoms with E-state index < -0.39 is 0 Å². The van der Waals surface area contributed by atoms with Crippen molar-refractivity contribution >= 4 is 88.0 Å². The number of rotatable bonds is 10. The molecule has 0 bridgehead atoms. The summed E-state index contributed by atoms with van der Waals surface area (Å²) in [5, 5.41) is 12.0. The van der Waals surface area contributed by atoms with Crippen molar-refractivity contribution in [1.82, 2.24) is 0 Å². The summed E-state index contributed by atoms with van der Waals surface area (Å²) in [6.07, 6.45) is 0. The van der Waals surface area contributed by atoms with E-state index in [-0.39, 0.29) is 21.7 Å². The molecule has 0 unspecified atom stereocenters. The second-order valence-corrected chi connectivity index (χ2v) is 35.8. The normalized spacial score (nSPS) is 14.5. The molecule has 0 saturated heterocycles. The fourth-order valence-electron chi connectivity index (χ4n) is 21.6. The molecular formula is C114H90N2. The molecule has 556 valence electrons. The smallest absolute Gasteiger partial charge is 0.0546 e. The van der Waals surface area contributed by atoms with Gasteiger partial charge in [0, 0.05) is 43.8 Å². The van der Waals surface area contributed by atoms with Gasteiger partial charge in [0.05, 0.1) is 22.7 Å². The van der Waals surface area contributed by atoms with Crippen molar-refractivity contribution < 1.29 is 0 Å². The third kappa shape index (κ3) is 10.3. The lowest BCUT2D eigenvalue weighted by Crippen LogP contribution is -2.16. The molecule has 4 aliphatic rings. The van der Waals surface area contributed by atoms with Gasteiger partial charge in [-0.1, -0.05) is 286 Å². The summed E-state index contributed by atoms with van der Waals surface area (Å²) in [6.45, 7) is 28.5. The number of benzene rings is 18. The predicted molar refractivity (Wildman–Crippen MR) is 494 cm³/mol. The van der Waals surface area contributed by atoms with Crippen LogP contribution < -0.4 is 9.80 Å². The zero-order valence-corrected chi connectivity index (χ0v) is 68.1. The lowest BCUT2D eigenvalue weighted by atomic mass is 9.80. The van der Waals surface area contributed by atoms with Gasteiger partial charge >= 0.3 is 0 Å². The average Bonchev–Trinajstić information content (AvgIpc) is 1.39. The zero-order valence-electron chi connectivity index (χ0n) is 68.1. The largest absolute Gasteiger partial charge is 0.309 e. The van der Waals surface area contributed by atoms with Crippen LogP contribution in [-0.2, 0) is 21.7 Å². The first-order valence-electron chi connectivity index (χ1n) is 41.4. The fraction of sp³-hybridized carbons (Fsp3) is 0.140. The van der Waals surface area contributed by atoms with Crippen LogP contribution in [0.4, 0.5) is 34.1 Å². The van der Waals surface area contributed by atoms with E-state index in [2.05, 4.69) is 420 Å². The van der Waals surface area contributed by atoms with E-state index in [1.54, 1.807) is 0 Å². The molecule has 0 aromatic heterocycles. The van der Waals surface area contributed by atoms with E-state index in [9.17, 15) is 0 Å². The van der Waals surface area contributed by atoms with Crippen LogP contribution in [0.25, 0.3) is 143 Å². The number of fused-ring (bicyclic) bond motifs is 19. The third-order valence-electron chi connectivity index (χ3n) is 27.6. The molecule has 18 aromatic rings. The van der Waals surface area contributed by atoms with Crippen LogP contribution in [0.15, 0.2) is 328 Å². The summed E-state index contributed by atoms with van der Waals surface area (Å²) < 4.78 is 0. The van der Waals surface area contributed by atoms with Gasteiger partial charge in [0.25, 0.3) is 0 Å². The van der Waals surface area contributed by atoms with Crippen LogP contribution in [0.3, 0.4) is 0 Å². The highest BCUT2D eigenvalue weighted by Gasteiger charge is 2.41. The minimum atomic E-state index is -0.221. The van der Waals surface area contributed by atoms with Crippen LogP contribution >= 0.6 is 0 Å². The third-order valence-corrected chi connectivity index (χ3v) is 27.6. The SMILES string of the molecule is Cc1cc(-c2ccc3c(c2)C(C)(C)c2cc(-c4ccc5c(c4)C(C)(C)c4ccccc4-5)ccc2-3)cc(C)c1N(c1ccc2ccccc2c1)c1cc2c3ccccc3c(N(c3ccc4ccccc4c3)c3c(C)cc(-c4ccc5c(c4)C(C)(C)c4cc(-c6ccc7c(c6)C(C)(C)c6ccccc6-7)ccc4-5)cc3C)cc2c2ccccc12. The second kappa shape index (κ2) is 25.2. The van der Waals surface area contributed by atoms with Gasteiger partial charge in [0.2, 0.25) is 0 Å². The lowest BCUT2D eigenvalue weighted by Gasteiger charge is -2.32. The molecule has 22 rings (SSSR count). The fourth-order valence-corrected chi connectivity index (χ4v) is 21.6. The molecule has 0 saturated carbocycles. The van der Waals surface area contributed by atoms with Gasteiger partial charge in [-0.25, -0.2) is 0 Å². The van der Waals surface area contributed by atoms with Gasteiger partial charge in [-0.15, -0.1) is 0 Å². The van der Waals surface area contributed by atoms with E-state index >= 15 is 0 Å². The number of hydrogen-bond acceptors (Lipinski definition) is 2. The van der Waals surface area contributed by atoms with Crippen molar-refractivity contribution in [2.45, 2.75) is 105 Å². The molecule has 18 aromatic carbocycles. The van der Waals surface area contributed by atoms with Crippen molar-refractivity contribution in [2.75, 3.05) is 9.80 Å². The monoisotopic (exact) mass is 1490 g/mol. The molecule has 0 N–H and O–H groups in total. The molecule has 0 spiro atoms. The maximum Gasteiger partial charge on any atom is 0.0546 e. The van der Waals surface area contributed by atoms with Gasteiger partial charge in [0.15, 0.2) is 0 Å². The van der Waals surface area contributed by atoms with Gasteiger partial charge in [0.1, 0.15) is 0 Å². The number of nitrogens with zero attached hydrogens (tertiary/aromatic N) is 2. The lowest BCUT2D eigenvalue weighted by molar-refractivity contribution is 0.659. The highest BCUT2D eigenvalue weighted by Crippen LogP contribution is 2.58. The average molecular weight is 1490 g/mol. The Morgan fingerprint density at radius 3 is 0.750 bits per heavy atom. The van der Waals surface area contributed by atoms with Crippen molar-refractivity contribution in [3.05, 3.63) is 394 Å². The van der Waals surface area contributed by atoms with Crippen LogP contribution in [0.5, 0.6) is 0 Å². The molecular weight excluding hydrogens is 1400 g/mol. The Hall–Kier alpha value is -13.1. The van der Waals surface area contributed by atoms with Gasteiger partial charge in [-0.05, 0) is 324 Å². The minimum Gasteiger partial charge on any atom is -0.309 e. The molecule has 0 amide bonds. The highest BCUT2D eigenvalue weighted by molar-refractivity contribution is 6.25.